The van der Waals surface area contributed by atoms with E-state index in [9.17, 15) is 9.59 Å². The Hall–Kier alpha value is -2.22. The molecular weight excluding hydrogens is 408 g/mol. The SMILES string of the molecule is O=C(NN1C(=O)/C(=C/C=C/c2ccccc2)SC1=S)c1csc2c1CCCC2. The van der Waals surface area contributed by atoms with Crippen LogP contribution in [0.3, 0.4) is 0 Å². The molecule has 0 radical (unpaired) electrons. The summed E-state index contributed by atoms with van der Waals surface area (Å²) in [5, 5.41) is 3.07. The second-order valence-corrected chi connectivity index (χ2v) is 9.15. The van der Waals surface area contributed by atoms with E-state index in [1.165, 1.54) is 28.1 Å². The van der Waals surface area contributed by atoms with Crippen molar-refractivity contribution in [3.8, 4) is 0 Å². The lowest BCUT2D eigenvalue weighted by atomic mass is 9.96. The van der Waals surface area contributed by atoms with Crippen LogP contribution in [0.1, 0.15) is 39.2 Å². The van der Waals surface area contributed by atoms with Gasteiger partial charge < -0.3 is 0 Å². The van der Waals surface area contributed by atoms with Gasteiger partial charge in [0.15, 0.2) is 4.32 Å². The van der Waals surface area contributed by atoms with Gasteiger partial charge in [-0.25, -0.2) is 0 Å². The number of thioether (sulfide) groups is 1. The number of amides is 2. The predicted octanol–water partition coefficient (Wildman–Crippen LogP) is 4.73. The average Bonchev–Trinajstić information content (AvgIpc) is 3.25. The molecule has 1 saturated heterocycles. The zero-order chi connectivity index (χ0) is 19.5. The standard InChI is InChI=1S/C21H18N2O2S3/c24-19(16-13-27-17-11-5-4-10-15(16)17)22-23-20(25)18(28-21(23)26)12-6-9-14-7-2-1-3-8-14/h1-3,6-9,12-13H,4-5,10-11H2,(H,22,24)/b9-6+,18-12-. The van der Waals surface area contributed by atoms with Gasteiger partial charge in [0.05, 0.1) is 10.5 Å². The van der Waals surface area contributed by atoms with E-state index in [1.54, 1.807) is 17.4 Å². The number of nitrogens with zero attached hydrogens (tertiary/aromatic N) is 1. The van der Waals surface area contributed by atoms with E-state index in [1.807, 2.05) is 47.9 Å². The van der Waals surface area contributed by atoms with Gasteiger partial charge in [-0.1, -0.05) is 54.2 Å². The summed E-state index contributed by atoms with van der Waals surface area (Å²) in [5.74, 6) is -0.568. The monoisotopic (exact) mass is 426 g/mol. The van der Waals surface area contributed by atoms with Crippen LogP contribution in [-0.2, 0) is 17.6 Å². The zero-order valence-corrected chi connectivity index (χ0v) is 17.5. The van der Waals surface area contributed by atoms with E-state index in [0.29, 0.717) is 14.8 Å². The molecule has 0 spiro atoms. The molecule has 1 aromatic carbocycles. The number of aryl methyl sites for hydroxylation is 1. The summed E-state index contributed by atoms with van der Waals surface area (Å²) in [6.45, 7) is 0. The van der Waals surface area contributed by atoms with Gasteiger partial charge in [-0.05, 0) is 55.1 Å². The molecule has 1 N–H and O–H groups in total. The van der Waals surface area contributed by atoms with Crippen molar-refractivity contribution in [2.24, 2.45) is 0 Å². The first-order valence-corrected chi connectivity index (χ1v) is 11.1. The molecule has 1 aromatic heterocycles. The van der Waals surface area contributed by atoms with Crippen molar-refractivity contribution in [2.75, 3.05) is 0 Å². The molecule has 2 heterocycles. The quantitative estimate of drug-likeness (QED) is 0.567. The van der Waals surface area contributed by atoms with Gasteiger partial charge in [0, 0.05) is 10.3 Å². The molecule has 2 amide bonds. The van der Waals surface area contributed by atoms with Crippen LogP contribution < -0.4 is 5.43 Å². The van der Waals surface area contributed by atoms with Gasteiger partial charge >= 0.3 is 0 Å². The van der Waals surface area contributed by atoms with Gasteiger partial charge in [0.1, 0.15) is 0 Å². The van der Waals surface area contributed by atoms with E-state index >= 15 is 0 Å². The Labute approximate surface area is 177 Å². The fourth-order valence-electron chi connectivity index (χ4n) is 3.24. The normalized spacial score (nSPS) is 18.1. The van der Waals surface area contributed by atoms with Crippen molar-refractivity contribution < 1.29 is 9.59 Å². The molecule has 7 heteroatoms. The fourth-order valence-corrected chi connectivity index (χ4v) is 5.49. The summed E-state index contributed by atoms with van der Waals surface area (Å²) in [4.78, 5) is 27.2. The molecule has 0 saturated carbocycles. The molecule has 28 heavy (non-hydrogen) atoms. The van der Waals surface area contributed by atoms with E-state index in [4.69, 9.17) is 12.2 Å². The van der Waals surface area contributed by atoms with Crippen molar-refractivity contribution >= 4 is 57.5 Å². The first-order valence-electron chi connectivity index (χ1n) is 9.03. The molecular formula is C21H18N2O2S3. The summed E-state index contributed by atoms with van der Waals surface area (Å²) in [7, 11) is 0. The third kappa shape index (κ3) is 3.97. The Morgan fingerprint density at radius 1 is 1.18 bits per heavy atom. The van der Waals surface area contributed by atoms with Crippen LogP contribution in [-0.4, -0.2) is 21.1 Å². The minimum Gasteiger partial charge on any atom is -0.267 e. The van der Waals surface area contributed by atoms with Crippen molar-refractivity contribution in [1.82, 2.24) is 10.4 Å². The molecule has 4 rings (SSSR count). The predicted molar refractivity (Wildman–Crippen MR) is 119 cm³/mol. The van der Waals surface area contributed by atoms with Crippen LogP contribution in [0.15, 0.2) is 52.8 Å². The Kier molecular flexibility index (Phi) is 5.75. The topological polar surface area (TPSA) is 49.4 Å². The molecule has 0 atom stereocenters. The molecule has 0 bridgehead atoms. The number of carbonyl (C=O) groups excluding carboxylic acids is 2. The highest BCUT2D eigenvalue weighted by Crippen LogP contribution is 2.32. The Morgan fingerprint density at radius 3 is 2.79 bits per heavy atom. The second kappa shape index (κ2) is 8.43. The number of rotatable bonds is 4. The number of thiophene rings is 1. The number of hydrogen-bond donors (Lipinski definition) is 1. The maximum Gasteiger partial charge on any atom is 0.285 e. The Balaban J connectivity index is 1.45. The molecule has 1 aliphatic carbocycles. The first-order chi connectivity index (χ1) is 13.6. The lowest BCUT2D eigenvalue weighted by Crippen LogP contribution is -2.45. The smallest absolute Gasteiger partial charge is 0.267 e. The van der Waals surface area contributed by atoms with Crippen molar-refractivity contribution in [1.29, 1.82) is 0 Å². The minimum atomic E-state index is -0.301. The molecule has 0 unspecified atom stereocenters. The largest absolute Gasteiger partial charge is 0.285 e. The van der Waals surface area contributed by atoms with Crippen LogP contribution in [0.2, 0.25) is 0 Å². The third-order valence-electron chi connectivity index (χ3n) is 4.65. The number of nitrogens with one attached hydrogen (secondary N) is 1. The van der Waals surface area contributed by atoms with E-state index in [-0.39, 0.29) is 11.8 Å². The lowest BCUT2D eigenvalue weighted by Gasteiger charge is -2.17. The summed E-state index contributed by atoms with van der Waals surface area (Å²) in [6, 6.07) is 9.83. The summed E-state index contributed by atoms with van der Waals surface area (Å²) in [6.07, 6.45) is 9.69. The van der Waals surface area contributed by atoms with Crippen molar-refractivity contribution in [3.05, 3.63) is 74.3 Å². The van der Waals surface area contributed by atoms with E-state index in [0.717, 1.165) is 30.4 Å². The molecule has 1 fully saturated rings. The van der Waals surface area contributed by atoms with Gasteiger partial charge in [0.25, 0.3) is 11.8 Å². The maximum atomic E-state index is 12.7. The van der Waals surface area contributed by atoms with Gasteiger partial charge in [-0.3, -0.25) is 15.0 Å². The van der Waals surface area contributed by atoms with Gasteiger partial charge in [0.2, 0.25) is 0 Å². The molecule has 1 aliphatic heterocycles. The molecule has 2 aliphatic rings. The fraction of sp³-hybridized carbons (Fsp3) is 0.190. The minimum absolute atomic E-state index is 0.267. The third-order valence-corrected chi connectivity index (χ3v) is 7.06. The van der Waals surface area contributed by atoms with Crippen LogP contribution in [0, 0.1) is 0 Å². The van der Waals surface area contributed by atoms with Crippen LogP contribution >= 0.6 is 35.3 Å². The van der Waals surface area contributed by atoms with Gasteiger partial charge in [-0.2, -0.15) is 5.01 Å². The van der Waals surface area contributed by atoms with Crippen molar-refractivity contribution in [2.45, 2.75) is 25.7 Å². The molecule has 2 aromatic rings. The molecule has 142 valence electrons. The van der Waals surface area contributed by atoms with Crippen LogP contribution in [0.4, 0.5) is 0 Å². The lowest BCUT2D eigenvalue weighted by molar-refractivity contribution is -0.123. The highest BCUT2D eigenvalue weighted by molar-refractivity contribution is 8.26. The van der Waals surface area contributed by atoms with Crippen LogP contribution in [0.25, 0.3) is 6.08 Å². The average molecular weight is 427 g/mol. The maximum absolute atomic E-state index is 12.7. The summed E-state index contributed by atoms with van der Waals surface area (Å²) in [5.41, 5.74) is 5.53. The molecule has 4 nitrogen and oxygen atoms in total. The Bertz CT molecular complexity index is 992. The highest BCUT2D eigenvalue weighted by Gasteiger charge is 2.34. The number of allylic oxidation sites excluding steroid dienone is 2. The Morgan fingerprint density at radius 2 is 1.96 bits per heavy atom. The second-order valence-electron chi connectivity index (χ2n) is 6.51. The summed E-state index contributed by atoms with van der Waals surface area (Å²) >= 11 is 8.12. The number of carbonyl (C=O) groups is 2. The summed E-state index contributed by atoms with van der Waals surface area (Å²) < 4.78 is 0.335. The van der Waals surface area contributed by atoms with E-state index < -0.39 is 0 Å². The number of hydrazine groups is 1. The number of benzene rings is 1. The van der Waals surface area contributed by atoms with Gasteiger partial charge in [-0.15, -0.1) is 11.3 Å². The first kappa shape index (κ1) is 19.1. The number of fused-ring (bicyclic) bond motifs is 1. The van der Waals surface area contributed by atoms with Crippen LogP contribution in [0.5, 0.6) is 0 Å². The van der Waals surface area contributed by atoms with E-state index in [2.05, 4.69) is 5.43 Å². The van der Waals surface area contributed by atoms with Crippen molar-refractivity contribution in [3.63, 3.8) is 0 Å². The zero-order valence-electron chi connectivity index (χ0n) is 15.0. The number of thiocarbonyl (C=S) groups is 1. The number of hydrogen-bond acceptors (Lipinski definition) is 5. The highest BCUT2D eigenvalue weighted by atomic mass is 32.2.